The largest absolute Gasteiger partial charge is 0.444 e. The highest BCUT2D eigenvalue weighted by molar-refractivity contribution is 6.01. The minimum Gasteiger partial charge on any atom is -0.444 e. The minimum atomic E-state index is -1.36. The molecule has 0 saturated carbocycles. The molecule has 0 fully saturated rings. The Morgan fingerprint density at radius 3 is 2.12 bits per heavy atom. The van der Waals surface area contributed by atoms with E-state index in [9.17, 15) is 19.2 Å². The second kappa shape index (κ2) is 12.4. The van der Waals surface area contributed by atoms with Gasteiger partial charge in [-0.05, 0) is 76.9 Å². The number of rotatable bonds is 8. The molecule has 0 spiro atoms. The Morgan fingerprint density at radius 2 is 1.54 bits per heavy atom. The summed E-state index contributed by atoms with van der Waals surface area (Å²) in [7, 11) is 0. The average molecular weight is 561 g/mol. The lowest BCUT2D eigenvalue weighted by Crippen LogP contribution is -2.58. The van der Waals surface area contributed by atoms with Crippen molar-refractivity contribution in [2.75, 3.05) is 5.32 Å². The van der Waals surface area contributed by atoms with Crippen molar-refractivity contribution in [3.05, 3.63) is 77.9 Å². The molecule has 3 rings (SSSR count). The highest BCUT2D eigenvalue weighted by atomic mass is 16.6. The minimum absolute atomic E-state index is 0.454. The zero-order chi connectivity index (χ0) is 30.5. The van der Waals surface area contributed by atoms with Gasteiger partial charge in [0.1, 0.15) is 17.7 Å². The summed E-state index contributed by atoms with van der Waals surface area (Å²) in [4.78, 5) is 54.4. The lowest BCUT2D eigenvalue weighted by molar-refractivity contribution is -0.147. The number of fused-ring (bicyclic) bond motifs is 1. The second-order valence-electron chi connectivity index (χ2n) is 12.1. The molecule has 41 heavy (non-hydrogen) atoms. The third-order valence-corrected chi connectivity index (χ3v) is 6.24. The van der Waals surface area contributed by atoms with Crippen molar-refractivity contribution in [3.63, 3.8) is 0 Å². The average Bonchev–Trinajstić information content (AvgIpc) is 2.84. The van der Waals surface area contributed by atoms with Crippen LogP contribution in [0.1, 0.15) is 65.1 Å². The van der Waals surface area contributed by atoms with E-state index in [1.165, 1.54) is 4.90 Å². The molecule has 218 valence electrons. The topological polar surface area (TPSA) is 131 Å². The monoisotopic (exact) mass is 560 g/mol. The van der Waals surface area contributed by atoms with Crippen molar-refractivity contribution < 1.29 is 23.9 Å². The van der Waals surface area contributed by atoms with Gasteiger partial charge in [-0.2, -0.15) is 0 Å². The molecule has 2 atom stereocenters. The van der Waals surface area contributed by atoms with Crippen molar-refractivity contribution in [3.8, 4) is 0 Å². The van der Waals surface area contributed by atoms with Crippen molar-refractivity contribution >= 4 is 40.3 Å². The van der Waals surface area contributed by atoms with Gasteiger partial charge in [0.05, 0.1) is 6.42 Å². The number of carbonyl (C=O) groups excluding carboxylic acids is 4. The van der Waals surface area contributed by atoms with Gasteiger partial charge in [-0.3, -0.25) is 14.4 Å². The predicted molar refractivity (Wildman–Crippen MR) is 160 cm³/mol. The molecule has 0 bridgehead atoms. The molecule has 3 aromatic carbocycles. The van der Waals surface area contributed by atoms with Crippen LogP contribution in [0.15, 0.2) is 66.7 Å². The van der Waals surface area contributed by atoms with E-state index >= 15 is 0 Å². The van der Waals surface area contributed by atoms with E-state index in [1.54, 1.807) is 53.7 Å². The van der Waals surface area contributed by atoms with Gasteiger partial charge in [-0.1, -0.05) is 60.2 Å². The normalized spacial score (nSPS) is 13.1. The van der Waals surface area contributed by atoms with Crippen LogP contribution < -0.4 is 16.4 Å². The highest BCUT2D eigenvalue weighted by Crippen LogP contribution is 2.32. The number of nitrogens with one attached hydrogen (secondary N) is 2. The molecule has 0 aliphatic carbocycles. The van der Waals surface area contributed by atoms with E-state index in [2.05, 4.69) is 10.6 Å². The van der Waals surface area contributed by atoms with E-state index in [4.69, 9.17) is 10.5 Å². The molecule has 0 aromatic heterocycles. The fourth-order valence-corrected chi connectivity index (χ4v) is 4.60. The van der Waals surface area contributed by atoms with Crippen LogP contribution in [-0.2, 0) is 19.1 Å². The highest BCUT2D eigenvalue weighted by Gasteiger charge is 2.42. The van der Waals surface area contributed by atoms with E-state index in [1.807, 2.05) is 61.5 Å². The van der Waals surface area contributed by atoms with E-state index in [-0.39, 0.29) is 0 Å². The number of hydrogen-bond acceptors (Lipinski definition) is 5. The number of hydrogen-bond donors (Lipinski definition) is 3. The zero-order valence-corrected chi connectivity index (χ0v) is 24.8. The van der Waals surface area contributed by atoms with Gasteiger partial charge in [0.15, 0.2) is 0 Å². The predicted octanol–water partition coefficient (Wildman–Crippen LogP) is 5.22. The number of carbonyl (C=O) groups is 4. The van der Waals surface area contributed by atoms with Crippen LogP contribution in [0.25, 0.3) is 10.8 Å². The maximum absolute atomic E-state index is 14.2. The maximum atomic E-state index is 14.2. The van der Waals surface area contributed by atoms with Gasteiger partial charge in [-0.15, -0.1) is 0 Å². The van der Waals surface area contributed by atoms with Crippen LogP contribution in [0.3, 0.4) is 0 Å². The lowest BCUT2D eigenvalue weighted by atomic mass is 9.94. The first-order chi connectivity index (χ1) is 19.0. The summed E-state index contributed by atoms with van der Waals surface area (Å²) in [6.45, 7) is 12.3. The number of benzene rings is 3. The Kier molecular flexibility index (Phi) is 9.42. The molecule has 4 N–H and O–H groups in total. The van der Waals surface area contributed by atoms with Crippen molar-refractivity contribution in [2.45, 2.75) is 78.1 Å². The molecular weight excluding hydrogens is 520 g/mol. The van der Waals surface area contributed by atoms with Gasteiger partial charge >= 0.3 is 6.09 Å². The summed E-state index contributed by atoms with van der Waals surface area (Å²) in [6.07, 6.45) is -1.35. The standard InChI is InChI=1S/C32H40N4O5/c1-20-11-10-14-23(17-20)27(28(38)34-24-16-15-21-12-8-9-13-22(21)18-24)36(31(2,3)4)29(39)25(19-26(33)37)35-30(40)41-32(5,6)7/h8-18,25,27H,19H2,1-7H3,(H2,33,37)(H,34,38)(H,35,40). The van der Waals surface area contributed by atoms with E-state index in [0.717, 1.165) is 16.3 Å². The fraction of sp³-hybridized carbons (Fsp3) is 0.375. The number of primary amides is 1. The molecule has 9 heteroatoms. The van der Waals surface area contributed by atoms with Crippen LogP contribution in [-0.4, -0.2) is 45.9 Å². The first-order valence-electron chi connectivity index (χ1n) is 13.5. The van der Waals surface area contributed by atoms with Gasteiger partial charge in [-0.25, -0.2) is 4.79 Å². The molecule has 0 radical (unpaired) electrons. The summed E-state index contributed by atoms with van der Waals surface area (Å²) in [5.74, 6) is -1.90. The quantitative estimate of drug-likeness (QED) is 0.348. The smallest absolute Gasteiger partial charge is 0.408 e. The molecule has 4 amide bonds. The second-order valence-corrected chi connectivity index (χ2v) is 12.1. The Labute approximate surface area is 241 Å². The molecule has 9 nitrogen and oxygen atoms in total. The van der Waals surface area contributed by atoms with Crippen molar-refractivity contribution in [2.24, 2.45) is 5.73 Å². The molecule has 0 aliphatic heterocycles. The number of ether oxygens (including phenoxy) is 1. The first kappa shape index (κ1) is 31.1. The molecule has 2 unspecified atom stereocenters. The maximum Gasteiger partial charge on any atom is 0.408 e. The lowest BCUT2D eigenvalue weighted by Gasteiger charge is -2.43. The number of nitrogens with two attached hydrogens (primary N) is 1. The molecule has 3 aromatic rings. The van der Waals surface area contributed by atoms with E-state index in [0.29, 0.717) is 11.3 Å². The number of aryl methyl sites for hydroxylation is 1. The van der Waals surface area contributed by atoms with Gasteiger partial charge in [0, 0.05) is 11.2 Å². The Morgan fingerprint density at radius 1 is 0.878 bits per heavy atom. The van der Waals surface area contributed by atoms with Crippen molar-refractivity contribution in [1.29, 1.82) is 0 Å². The Balaban J connectivity index is 2.07. The van der Waals surface area contributed by atoms with Gasteiger partial charge in [0.25, 0.3) is 5.91 Å². The molecule has 0 heterocycles. The van der Waals surface area contributed by atoms with Crippen LogP contribution >= 0.6 is 0 Å². The zero-order valence-electron chi connectivity index (χ0n) is 24.8. The SMILES string of the molecule is Cc1cccc(C(C(=O)Nc2ccc3ccccc3c2)N(C(=O)C(CC(N)=O)NC(=O)OC(C)(C)C)C(C)(C)C)c1. The van der Waals surface area contributed by atoms with Gasteiger partial charge in [0.2, 0.25) is 11.8 Å². The Bertz CT molecular complexity index is 1440. The number of amides is 4. The molecule has 0 aliphatic rings. The summed E-state index contributed by atoms with van der Waals surface area (Å²) in [5.41, 5.74) is 5.75. The fourth-order valence-electron chi connectivity index (χ4n) is 4.60. The van der Waals surface area contributed by atoms with E-state index < -0.39 is 53.5 Å². The number of nitrogens with zero attached hydrogens (tertiary/aromatic N) is 1. The molecular formula is C32H40N4O5. The van der Waals surface area contributed by atoms with Gasteiger partial charge < -0.3 is 26.0 Å². The number of alkyl carbamates (subject to hydrolysis) is 1. The third kappa shape index (κ3) is 8.54. The van der Waals surface area contributed by atoms with Crippen LogP contribution in [0.5, 0.6) is 0 Å². The van der Waals surface area contributed by atoms with Crippen LogP contribution in [0.2, 0.25) is 0 Å². The van der Waals surface area contributed by atoms with Crippen LogP contribution in [0.4, 0.5) is 10.5 Å². The number of anilines is 1. The molecule has 0 saturated heterocycles. The summed E-state index contributed by atoms with van der Waals surface area (Å²) in [6, 6.07) is 18.2. The summed E-state index contributed by atoms with van der Waals surface area (Å²) in [5, 5.41) is 7.44. The van der Waals surface area contributed by atoms with Crippen LogP contribution in [0, 0.1) is 6.92 Å². The first-order valence-corrected chi connectivity index (χ1v) is 13.5. The Hall–Kier alpha value is -4.40. The summed E-state index contributed by atoms with van der Waals surface area (Å²) < 4.78 is 5.34. The summed E-state index contributed by atoms with van der Waals surface area (Å²) >= 11 is 0. The third-order valence-electron chi connectivity index (χ3n) is 6.24. The van der Waals surface area contributed by atoms with Crippen molar-refractivity contribution in [1.82, 2.24) is 10.2 Å².